The van der Waals surface area contributed by atoms with Gasteiger partial charge < -0.3 is 24.4 Å². The van der Waals surface area contributed by atoms with E-state index in [9.17, 15) is 9.59 Å². The maximum absolute atomic E-state index is 15.0. The number of carbonyl (C=O) groups is 3. The van der Waals surface area contributed by atoms with Gasteiger partial charge in [0.1, 0.15) is 17.2 Å². The van der Waals surface area contributed by atoms with Gasteiger partial charge in [-0.15, -0.1) is 0 Å². The van der Waals surface area contributed by atoms with Gasteiger partial charge >= 0.3 is 0 Å². The molecule has 7 rings (SSSR count). The molecule has 4 aromatic rings. The summed E-state index contributed by atoms with van der Waals surface area (Å²) < 4.78 is 16.3. The van der Waals surface area contributed by atoms with E-state index in [1.165, 1.54) is 14.2 Å². The Balaban J connectivity index is 1.51. The van der Waals surface area contributed by atoms with Gasteiger partial charge in [0.2, 0.25) is 5.91 Å². The highest BCUT2D eigenvalue weighted by Gasteiger charge is 2.70. The van der Waals surface area contributed by atoms with E-state index in [2.05, 4.69) is 5.32 Å². The van der Waals surface area contributed by atoms with Crippen molar-refractivity contribution in [1.82, 2.24) is 0 Å². The Kier molecular flexibility index (Phi) is 6.50. The molecule has 4 aromatic carbocycles. The molecule has 3 heterocycles. The van der Waals surface area contributed by atoms with E-state index >= 15 is 4.79 Å². The highest BCUT2D eigenvalue weighted by atomic mass is 16.5. The number of ketones is 2. The zero-order chi connectivity index (χ0) is 30.6. The summed E-state index contributed by atoms with van der Waals surface area (Å²) in [7, 11) is 4.59. The lowest BCUT2D eigenvalue weighted by atomic mass is 9.64. The van der Waals surface area contributed by atoms with Gasteiger partial charge in [-0.3, -0.25) is 14.4 Å². The van der Waals surface area contributed by atoms with Gasteiger partial charge in [0.25, 0.3) is 0 Å². The van der Waals surface area contributed by atoms with E-state index in [0.717, 1.165) is 11.3 Å². The van der Waals surface area contributed by atoms with Crippen LogP contribution in [0.25, 0.3) is 6.08 Å². The van der Waals surface area contributed by atoms with Crippen molar-refractivity contribution in [2.75, 3.05) is 31.5 Å². The Bertz CT molecular complexity index is 1850. The van der Waals surface area contributed by atoms with Crippen LogP contribution in [0.15, 0.2) is 97.1 Å². The van der Waals surface area contributed by atoms with Crippen molar-refractivity contribution < 1.29 is 28.6 Å². The second kappa shape index (κ2) is 10.4. The molecule has 3 aliphatic heterocycles. The van der Waals surface area contributed by atoms with Gasteiger partial charge in [0.15, 0.2) is 23.1 Å². The first-order valence-electron chi connectivity index (χ1n) is 14.3. The highest BCUT2D eigenvalue weighted by molar-refractivity contribution is 6.18. The zero-order valence-electron chi connectivity index (χ0n) is 24.4. The number of nitrogens with one attached hydrogen (secondary N) is 1. The lowest BCUT2D eigenvalue weighted by molar-refractivity contribution is -0.121. The zero-order valence-corrected chi connectivity index (χ0v) is 24.4. The summed E-state index contributed by atoms with van der Waals surface area (Å²) in [6.07, 6.45) is 3.94. The van der Waals surface area contributed by atoms with Crippen LogP contribution >= 0.6 is 0 Å². The van der Waals surface area contributed by atoms with Crippen LogP contribution in [0.1, 0.15) is 31.8 Å². The average Bonchev–Trinajstić information content (AvgIpc) is 3.55. The first-order chi connectivity index (χ1) is 21.4. The molecule has 1 N–H and O–H groups in total. The first-order valence-corrected chi connectivity index (χ1v) is 14.3. The van der Waals surface area contributed by atoms with Crippen LogP contribution < -0.4 is 24.4 Å². The number of Topliss-reactive ketones (excluding diaryl/α,β-unsaturated/α-hetero) is 2. The standard InChI is InChI=1S/C36H30N2O6/c1-42-24-16-12-22(13-17-24)34(40)32-31(33(39)23-14-18-28(43-2)29(20-23)44-3)36(25-9-5-6-10-26(25)37-35(36)41)30-19-15-21-8-4-7-11-27(21)38(30)32/h4-20,30-32H,1-3H3,(H,37,41)/t30-,31+,32+,36-/m1/s1. The Morgan fingerprint density at radius 2 is 1.48 bits per heavy atom. The number of rotatable bonds is 7. The molecule has 8 heteroatoms. The van der Waals surface area contributed by atoms with Crippen LogP contribution in [0.3, 0.4) is 0 Å². The third-order valence-electron chi connectivity index (χ3n) is 9.14. The van der Waals surface area contributed by atoms with Crippen LogP contribution in [0.2, 0.25) is 0 Å². The lowest BCUT2D eigenvalue weighted by Crippen LogP contribution is -2.51. The SMILES string of the molecule is COc1ccc(C(=O)[C@@H]2[C@@H](C(=O)c3ccc(OC)c(OC)c3)[C@]3(C(=O)Nc4ccccc43)[C@H]3C=Cc4ccccc4N23)cc1. The molecule has 0 unspecified atom stereocenters. The van der Waals surface area contributed by atoms with Gasteiger partial charge in [-0.1, -0.05) is 48.6 Å². The summed E-state index contributed by atoms with van der Waals surface area (Å²) >= 11 is 0. The van der Waals surface area contributed by atoms with Crippen molar-refractivity contribution >= 4 is 34.9 Å². The van der Waals surface area contributed by atoms with Gasteiger partial charge in [-0.05, 0) is 65.7 Å². The second-order valence-corrected chi connectivity index (χ2v) is 11.1. The van der Waals surface area contributed by atoms with E-state index in [1.807, 2.05) is 65.6 Å². The molecule has 1 amide bonds. The number of anilines is 2. The number of benzene rings is 4. The van der Waals surface area contributed by atoms with E-state index in [4.69, 9.17) is 14.2 Å². The molecular weight excluding hydrogens is 556 g/mol. The number of ether oxygens (including phenoxy) is 3. The quantitative estimate of drug-likeness (QED) is 0.283. The molecule has 8 nitrogen and oxygen atoms in total. The summed E-state index contributed by atoms with van der Waals surface area (Å²) in [6, 6.07) is 25.3. The maximum atomic E-state index is 15.0. The largest absolute Gasteiger partial charge is 0.497 e. The Morgan fingerprint density at radius 1 is 0.773 bits per heavy atom. The second-order valence-electron chi connectivity index (χ2n) is 11.1. The first kappa shape index (κ1) is 27.5. The van der Waals surface area contributed by atoms with Crippen LogP contribution in [0.4, 0.5) is 11.4 Å². The number of fused-ring (bicyclic) bond motifs is 6. The van der Waals surface area contributed by atoms with Crippen LogP contribution in [-0.4, -0.2) is 50.9 Å². The molecule has 3 aliphatic rings. The molecule has 4 atom stereocenters. The summed E-state index contributed by atoms with van der Waals surface area (Å²) in [6.45, 7) is 0. The van der Waals surface area contributed by atoms with Crippen molar-refractivity contribution in [3.05, 3.63) is 119 Å². The van der Waals surface area contributed by atoms with Crippen molar-refractivity contribution in [2.24, 2.45) is 5.92 Å². The van der Waals surface area contributed by atoms with Crippen molar-refractivity contribution in [2.45, 2.75) is 17.5 Å². The number of nitrogens with zero attached hydrogens (tertiary/aromatic N) is 1. The van der Waals surface area contributed by atoms with Crippen molar-refractivity contribution in [1.29, 1.82) is 0 Å². The monoisotopic (exact) mass is 586 g/mol. The Hall–Kier alpha value is -5.37. The fourth-order valence-electron chi connectivity index (χ4n) is 7.21. The molecule has 0 aromatic heterocycles. The predicted octanol–water partition coefficient (Wildman–Crippen LogP) is 5.57. The van der Waals surface area contributed by atoms with E-state index in [-0.39, 0.29) is 17.5 Å². The number of hydrogen-bond acceptors (Lipinski definition) is 7. The molecule has 1 fully saturated rings. The topological polar surface area (TPSA) is 94.2 Å². The fraction of sp³-hybridized carbons (Fsp3) is 0.194. The normalized spacial score (nSPS) is 22.6. The molecular formula is C36H30N2O6. The smallest absolute Gasteiger partial charge is 0.238 e. The molecule has 1 saturated heterocycles. The molecule has 0 radical (unpaired) electrons. The van der Waals surface area contributed by atoms with Gasteiger partial charge in [0, 0.05) is 22.5 Å². The van der Waals surface area contributed by atoms with Crippen LogP contribution in [0, 0.1) is 5.92 Å². The van der Waals surface area contributed by atoms with E-state index < -0.39 is 23.4 Å². The maximum Gasteiger partial charge on any atom is 0.238 e. The van der Waals surface area contributed by atoms with Gasteiger partial charge in [0.05, 0.1) is 33.3 Å². The van der Waals surface area contributed by atoms with Crippen molar-refractivity contribution in [3.63, 3.8) is 0 Å². The summed E-state index contributed by atoms with van der Waals surface area (Å²) in [5.41, 5.74) is 2.32. The predicted molar refractivity (Wildman–Crippen MR) is 167 cm³/mol. The van der Waals surface area contributed by atoms with E-state index in [1.54, 1.807) is 49.6 Å². The molecule has 0 aliphatic carbocycles. The van der Waals surface area contributed by atoms with Gasteiger partial charge in [-0.25, -0.2) is 0 Å². The molecule has 220 valence electrons. The van der Waals surface area contributed by atoms with Crippen molar-refractivity contribution in [3.8, 4) is 17.2 Å². The minimum Gasteiger partial charge on any atom is -0.497 e. The van der Waals surface area contributed by atoms with Crippen LogP contribution in [-0.2, 0) is 10.2 Å². The molecule has 0 bridgehead atoms. The molecule has 1 spiro atoms. The lowest BCUT2D eigenvalue weighted by Gasteiger charge is -2.37. The number of carbonyl (C=O) groups excluding carboxylic acids is 3. The third-order valence-corrected chi connectivity index (χ3v) is 9.14. The Labute approximate surface area is 254 Å². The number of hydrogen-bond donors (Lipinski definition) is 1. The summed E-state index contributed by atoms with van der Waals surface area (Å²) in [4.78, 5) is 46.3. The fourth-order valence-corrected chi connectivity index (χ4v) is 7.21. The summed E-state index contributed by atoms with van der Waals surface area (Å²) in [5.74, 6) is -0.575. The Morgan fingerprint density at radius 3 is 2.23 bits per heavy atom. The number of methoxy groups -OCH3 is 3. The number of amides is 1. The molecule has 44 heavy (non-hydrogen) atoms. The van der Waals surface area contributed by atoms with Crippen LogP contribution in [0.5, 0.6) is 17.2 Å². The van der Waals surface area contributed by atoms with E-state index in [0.29, 0.717) is 39.6 Å². The number of para-hydroxylation sites is 2. The minimum absolute atomic E-state index is 0.268. The third kappa shape index (κ3) is 3.80. The van der Waals surface area contributed by atoms with Gasteiger partial charge in [-0.2, -0.15) is 0 Å². The average molecular weight is 587 g/mol. The highest BCUT2D eigenvalue weighted by Crippen LogP contribution is 2.58. The molecule has 0 saturated carbocycles. The summed E-state index contributed by atoms with van der Waals surface area (Å²) in [5, 5.41) is 3.05. The minimum atomic E-state index is -1.41.